The Morgan fingerprint density at radius 3 is 2.38 bits per heavy atom. The van der Waals surface area contributed by atoms with Crippen molar-refractivity contribution in [1.29, 1.82) is 0 Å². The Morgan fingerprint density at radius 2 is 1.76 bits per heavy atom. The van der Waals surface area contributed by atoms with Gasteiger partial charge < -0.3 is 20.5 Å². The smallest absolute Gasteiger partial charge is 0.162 e. The third kappa shape index (κ3) is 3.44. The lowest BCUT2D eigenvalue weighted by molar-refractivity contribution is 0.355. The Hall–Kier alpha value is -2.27. The molecule has 110 valence electrons. The zero-order valence-corrected chi connectivity index (χ0v) is 13.1. The van der Waals surface area contributed by atoms with Crippen LogP contribution in [0, 0.1) is 6.92 Å². The summed E-state index contributed by atoms with van der Waals surface area (Å²) in [6, 6.07) is 11.5. The molecule has 0 amide bonds. The summed E-state index contributed by atoms with van der Waals surface area (Å²) in [5.74, 6) is 1.34. The van der Waals surface area contributed by atoms with Crippen molar-refractivity contribution in [3.8, 4) is 11.5 Å². The lowest BCUT2D eigenvalue weighted by atomic mass is 10.1. The summed E-state index contributed by atoms with van der Waals surface area (Å²) in [7, 11) is 3.21. The van der Waals surface area contributed by atoms with Crippen LogP contribution < -0.4 is 20.5 Å². The first-order valence-electron chi connectivity index (χ1n) is 6.44. The highest BCUT2D eigenvalue weighted by molar-refractivity contribution is 7.80. The van der Waals surface area contributed by atoms with Crippen LogP contribution in [0.5, 0.6) is 11.5 Å². The third-order valence-corrected chi connectivity index (χ3v) is 3.32. The van der Waals surface area contributed by atoms with Crippen molar-refractivity contribution in [3.05, 3.63) is 47.5 Å². The number of anilines is 2. The molecular formula is C16H18N2O2S. The monoisotopic (exact) mass is 302 g/mol. The van der Waals surface area contributed by atoms with Gasteiger partial charge in [-0.3, -0.25) is 0 Å². The van der Waals surface area contributed by atoms with Crippen molar-refractivity contribution in [2.75, 3.05) is 19.5 Å². The van der Waals surface area contributed by atoms with Gasteiger partial charge in [-0.1, -0.05) is 23.8 Å². The van der Waals surface area contributed by atoms with Gasteiger partial charge in [-0.2, -0.15) is 0 Å². The SMILES string of the molecule is COc1ccc(Nc2ccc(C)cc2C(N)=S)cc1OC. The normalized spacial score (nSPS) is 10.0. The van der Waals surface area contributed by atoms with Crippen molar-refractivity contribution in [3.63, 3.8) is 0 Å². The number of hydrogen-bond donors (Lipinski definition) is 2. The van der Waals surface area contributed by atoms with E-state index in [4.69, 9.17) is 27.4 Å². The topological polar surface area (TPSA) is 56.5 Å². The minimum Gasteiger partial charge on any atom is -0.493 e. The second kappa shape index (κ2) is 6.45. The van der Waals surface area contributed by atoms with Gasteiger partial charge in [0.25, 0.3) is 0 Å². The van der Waals surface area contributed by atoms with Gasteiger partial charge in [0.2, 0.25) is 0 Å². The van der Waals surface area contributed by atoms with Crippen LogP contribution >= 0.6 is 12.2 Å². The van der Waals surface area contributed by atoms with E-state index in [1.165, 1.54) is 0 Å². The average molecular weight is 302 g/mol. The predicted molar refractivity (Wildman–Crippen MR) is 89.9 cm³/mol. The number of nitrogens with one attached hydrogen (secondary N) is 1. The molecule has 0 aliphatic heterocycles. The Bertz CT molecular complexity index is 671. The van der Waals surface area contributed by atoms with Crippen molar-refractivity contribution in [2.24, 2.45) is 5.73 Å². The molecule has 0 fully saturated rings. The van der Waals surface area contributed by atoms with Crippen molar-refractivity contribution >= 4 is 28.6 Å². The molecule has 0 aliphatic rings. The van der Waals surface area contributed by atoms with Crippen LogP contribution in [0.4, 0.5) is 11.4 Å². The maximum atomic E-state index is 5.79. The Balaban J connectivity index is 2.36. The van der Waals surface area contributed by atoms with Crippen LogP contribution in [0.3, 0.4) is 0 Å². The summed E-state index contributed by atoms with van der Waals surface area (Å²) in [5.41, 5.74) is 9.44. The number of thiocarbonyl (C=S) groups is 1. The van der Waals surface area contributed by atoms with E-state index >= 15 is 0 Å². The predicted octanol–water partition coefficient (Wildman–Crippen LogP) is 3.39. The fraction of sp³-hybridized carbons (Fsp3) is 0.188. The Kier molecular flexibility index (Phi) is 4.65. The van der Waals surface area contributed by atoms with E-state index in [0.29, 0.717) is 16.5 Å². The molecule has 0 bridgehead atoms. The van der Waals surface area contributed by atoms with Gasteiger partial charge in [0.05, 0.1) is 14.2 Å². The van der Waals surface area contributed by atoms with Crippen LogP contribution in [-0.4, -0.2) is 19.2 Å². The molecule has 0 spiro atoms. The van der Waals surface area contributed by atoms with Crippen LogP contribution in [0.15, 0.2) is 36.4 Å². The molecule has 0 atom stereocenters. The number of hydrogen-bond acceptors (Lipinski definition) is 4. The van der Waals surface area contributed by atoms with Gasteiger partial charge in [-0.15, -0.1) is 0 Å². The van der Waals surface area contributed by atoms with E-state index in [-0.39, 0.29) is 0 Å². The highest BCUT2D eigenvalue weighted by Crippen LogP contribution is 2.31. The van der Waals surface area contributed by atoms with Gasteiger partial charge in [-0.25, -0.2) is 0 Å². The molecule has 4 nitrogen and oxygen atoms in total. The minimum atomic E-state index is 0.363. The summed E-state index contributed by atoms with van der Waals surface area (Å²) >= 11 is 5.11. The number of methoxy groups -OCH3 is 2. The molecule has 0 saturated carbocycles. The van der Waals surface area contributed by atoms with E-state index in [2.05, 4.69) is 5.32 Å². The third-order valence-electron chi connectivity index (χ3n) is 3.10. The molecule has 2 aromatic carbocycles. The fourth-order valence-corrected chi connectivity index (χ4v) is 2.21. The summed E-state index contributed by atoms with van der Waals surface area (Å²) in [4.78, 5) is 0.363. The number of rotatable bonds is 5. The fourth-order valence-electron chi connectivity index (χ4n) is 2.04. The van der Waals surface area contributed by atoms with E-state index < -0.39 is 0 Å². The zero-order chi connectivity index (χ0) is 15.4. The molecule has 0 aromatic heterocycles. The maximum absolute atomic E-state index is 5.79. The molecule has 3 N–H and O–H groups in total. The lowest BCUT2D eigenvalue weighted by Crippen LogP contribution is -2.12. The van der Waals surface area contributed by atoms with Crippen molar-refractivity contribution in [2.45, 2.75) is 6.92 Å². The number of benzene rings is 2. The first-order valence-corrected chi connectivity index (χ1v) is 6.85. The van der Waals surface area contributed by atoms with Crippen LogP contribution in [0.1, 0.15) is 11.1 Å². The Morgan fingerprint density at radius 1 is 1.05 bits per heavy atom. The highest BCUT2D eigenvalue weighted by atomic mass is 32.1. The Labute approximate surface area is 129 Å². The molecule has 0 radical (unpaired) electrons. The highest BCUT2D eigenvalue weighted by Gasteiger charge is 2.08. The van der Waals surface area contributed by atoms with Gasteiger partial charge in [-0.05, 0) is 31.2 Å². The second-order valence-electron chi connectivity index (χ2n) is 4.61. The molecule has 0 heterocycles. The van der Waals surface area contributed by atoms with E-state index in [1.807, 2.05) is 43.3 Å². The molecule has 0 saturated heterocycles. The molecule has 5 heteroatoms. The van der Waals surface area contributed by atoms with Crippen LogP contribution in [0.2, 0.25) is 0 Å². The molecule has 0 aliphatic carbocycles. The molecular weight excluding hydrogens is 284 g/mol. The molecule has 2 rings (SSSR count). The van der Waals surface area contributed by atoms with E-state index in [0.717, 1.165) is 22.5 Å². The maximum Gasteiger partial charge on any atom is 0.162 e. The lowest BCUT2D eigenvalue weighted by Gasteiger charge is -2.14. The standard InChI is InChI=1S/C16H18N2O2S/c1-10-4-6-13(12(8-10)16(17)21)18-11-5-7-14(19-2)15(9-11)20-3/h4-9,18H,1-3H3,(H2,17,21). The van der Waals surface area contributed by atoms with Gasteiger partial charge in [0, 0.05) is 23.0 Å². The summed E-state index contributed by atoms with van der Waals surface area (Å²) in [6.45, 7) is 2.00. The van der Waals surface area contributed by atoms with Crippen LogP contribution in [-0.2, 0) is 0 Å². The van der Waals surface area contributed by atoms with Gasteiger partial charge >= 0.3 is 0 Å². The summed E-state index contributed by atoms with van der Waals surface area (Å²) in [5, 5.41) is 3.30. The van der Waals surface area contributed by atoms with Crippen LogP contribution in [0.25, 0.3) is 0 Å². The average Bonchev–Trinajstić information content (AvgIpc) is 2.48. The number of aryl methyl sites for hydroxylation is 1. The molecule has 21 heavy (non-hydrogen) atoms. The van der Waals surface area contributed by atoms with Crippen molar-refractivity contribution in [1.82, 2.24) is 0 Å². The quantitative estimate of drug-likeness (QED) is 0.829. The summed E-state index contributed by atoms with van der Waals surface area (Å²) < 4.78 is 10.5. The molecule has 0 unspecified atom stereocenters. The largest absolute Gasteiger partial charge is 0.493 e. The van der Waals surface area contributed by atoms with E-state index in [9.17, 15) is 0 Å². The first-order chi connectivity index (χ1) is 10.0. The summed E-state index contributed by atoms with van der Waals surface area (Å²) in [6.07, 6.45) is 0. The number of ether oxygens (including phenoxy) is 2. The molecule has 2 aromatic rings. The van der Waals surface area contributed by atoms with Crippen molar-refractivity contribution < 1.29 is 9.47 Å². The number of nitrogens with two attached hydrogens (primary N) is 1. The minimum absolute atomic E-state index is 0.363. The van der Waals surface area contributed by atoms with Gasteiger partial charge in [0.1, 0.15) is 4.99 Å². The van der Waals surface area contributed by atoms with Gasteiger partial charge in [0.15, 0.2) is 11.5 Å². The van der Waals surface area contributed by atoms with E-state index in [1.54, 1.807) is 14.2 Å². The zero-order valence-electron chi connectivity index (χ0n) is 12.3. The first kappa shape index (κ1) is 15.1. The second-order valence-corrected chi connectivity index (χ2v) is 5.05.